The number of hydrogen-bond donors (Lipinski definition) is 2. The van der Waals surface area contributed by atoms with Gasteiger partial charge >= 0.3 is 12.1 Å². The van der Waals surface area contributed by atoms with Crippen molar-refractivity contribution in [2.75, 3.05) is 6.54 Å². The zero-order valence-corrected chi connectivity index (χ0v) is 21.3. The summed E-state index contributed by atoms with van der Waals surface area (Å²) >= 11 is 0. The van der Waals surface area contributed by atoms with Crippen molar-refractivity contribution < 1.29 is 32.6 Å². The molecule has 0 heterocycles. The van der Waals surface area contributed by atoms with E-state index in [0.717, 1.165) is 55.4 Å². The minimum Gasteiger partial charge on any atom is -0.486 e. The van der Waals surface area contributed by atoms with E-state index in [2.05, 4.69) is 12.2 Å². The summed E-state index contributed by atoms with van der Waals surface area (Å²) in [5.74, 6) is -0.676. The van der Waals surface area contributed by atoms with Crippen LogP contribution in [0.1, 0.15) is 73.0 Å². The minimum absolute atomic E-state index is 0.0571. The van der Waals surface area contributed by atoms with E-state index in [1.165, 1.54) is 12.1 Å². The molecule has 0 bridgehead atoms. The zero-order valence-electron chi connectivity index (χ0n) is 21.3. The molecule has 0 fully saturated rings. The molecule has 8 heteroatoms. The fourth-order valence-electron chi connectivity index (χ4n) is 4.03. The van der Waals surface area contributed by atoms with Gasteiger partial charge in [0.05, 0.1) is 12.0 Å². The molecule has 38 heavy (non-hydrogen) atoms. The molecule has 0 saturated carbocycles. The second kappa shape index (κ2) is 13.7. The van der Waals surface area contributed by atoms with E-state index in [1.54, 1.807) is 24.3 Å². The first-order valence-electron chi connectivity index (χ1n) is 12.7. The molecule has 3 aromatic carbocycles. The topological polar surface area (TPSA) is 75.6 Å². The summed E-state index contributed by atoms with van der Waals surface area (Å²) in [7, 11) is 0. The van der Waals surface area contributed by atoms with Crippen LogP contribution in [0.5, 0.6) is 5.75 Å². The average molecular weight is 528 g/mol. The smallest absolute Gasteiger partial charge is 0.416 e. The molecule has 0 aliphatic heterocycles. The zero-order chi connectivity index (χ0) is 27.5. The van der Waals surface area contributed by atoms with Crippen molar-refractivity contribution in [3.63, 3.8) is 0 Å². The second-order valence-corrected chi connectivity index (χ2v) is 9.08. The van der Waals surface area contributed by atoms with E-state index < -0.39 is 17.7 Å². The van der Waals surface area contributed by atoms with Crippen LogP contribution in [-0.2, 0) is 11.0 Å². The third-order valence-corrected chi connectivity index (χ3v) is 6.17. The Balaban J connectivity index is 1.70. The van der Waals surface area contributed by atoms with E-state index >= 15 is 0 Å². The largest absolute Gasteiger partial charge is 0.486 e. The Labute approximate surface area is 220 Å². The molecule has 5 nitrogen and oxygen atoms in total. The van der Waals surface area contributed by atoms with Gasteiger partial charge in [-0.25, -0.2) is 0 Å². The molecule has 1 unspecified atom stereocenters. The average Bonchev–Trinajstić information content (AvgIpc) is 2.90. The Morgan fingerprint density at radius 3 is 2.03 bits per heavy atom. The number of aliphatic carboxylic acids is 1. The molecule has 1 atom stereocenters. The molecule has 2 N–H and O–H groups in total. The summed E-state index contributed by atoms with van der Waals surface area (Å²) in [5, 5.41) is 11.3. The Morgan fingerprint density at radius 2 is 1.47 bits per heavy atom. The van der Waals surface area contributed by atoms with Crippen LogP contribution in [0.4, 0.5) is 13.2 Å². The lowest BCUT2D eigenvalue weighted by Crippen LogP contribution is -2.26. The molecule has 0 radical (unpaired) electrons. The van der Waals surface area contributed by atoms with Crippen molar-refractivity contribution in [2.45, 2.75) is 57.7 Å². The number of carbonyl (C=O) groups is 2. The van der Waals surface area contributed by atoms with Gasteiger partial charge in [-0.3, -0.25) is 9.59 Å². The van der Waals surface area contributed by atoms with Crippen LogP contribution < -0.4 is 10.1 Å². The third kappa shape index (κ3) is 8.64. The molecule has 1 amide bonds. The van der Waals surface area contributed by atoms with Crippen molar-refractivity contribution in [3.05, 3.63) is 89.5 Å². The molecular formula is C30H32F3NO4. The van der Waals surface area contributed by atoms with Gasteiger partial charge in [0.1, 0.15) is 11.9 Å². The number of carboxylic acids is 1. The van der Waals surface area contributed by atoms with Crippen LogP contribution in [0.25, 0.3) is 11.1 Å². The normalized spacial score (nSPS) is 12.1. The SMILES string of the molecule is CCCCCCC(Oc1ccc(-c2ccc(C(F)(F)F)cc2)cc1)c1ccc(C(=O)NCCC(=O)O)cc1. The van der Waals surface area contributed by atoms with Crippen LogP contribution in [-0.4, -0.2) is 23.5 Å². The summed E-state index contributed by atoms with van der Waals surface area (Å²) in [4.78, 5) is 22.9. The van der Waals surface area contributed by atoms with Crippen LogP contribution in [0.3, 0.4) is 0 Å². The minimum atomic E-state index is -4.37. The summed E-state index contributed by atoms with van der Waals surface area (Å²) in [6.07, 6.45) is 0.317. The van der Waals surface area contributed by atoms with Gasteiger partial charge in [0.25, 0.3) is 5.91 Å². The Bertz CT molecular complexity index is 1170. The summed E-state index contributed by atoms with van der Waals surface area (Å²) in [6.45, 7) is 2.20. The Hall–Kier alpha value is -3.81. The number of carbonyl (C=O) groups excluding carboxylic acids is 1. The van der Waals surface area contributed by atoms with Crippen LogP contribution >= 0.6 is 0 Å². The van der Waals surface area contributed by atoms with E-state index in [1.807, 2.05) is 24.3 Å². The molecule has 3 aromatic rings. The molecule has 0 aliphatic rings. The Morgan fingerprint density at radius 1 is 0.868 bits per heavy atom. The fraction of sp³-hybridized carbons (Fsp3) is 0.333. The number of ether oxygens (including phenoxy) is 1. The number of amides is 1. The highest BCUT2D eigenvalue weighted by Gasteiger charge is 2.30. The highest BCUT2D eigenvalue weighted by molar-refractivity contribution is 5.94. The lowest BCUT2D eigenvalue weighted by molar-refractivity contribution is -0.138. The van der Waals surface area contributed by atoms with Crippen molar-refractivity contribution in [1.82, 2.24) is 5.32 Å². The van der Waals surface area contributed by atoms with Crippen molar-refractivity contribution in [2.24, 2.45) is 0 Å². The van der Waals surface area contributed by atoms with Crippen molar-refractivity contribution >= 4 is 11.9 Å². The number of nitrogens with one attached hydrogen (secondary N) is 1. The van der Waals surface area contributed by atoms with Gasteiger partial charge in [0.15, 0.2) is 0 Å². The van der Waals surface area contributed by atoms with E-state index in [-0.39, 0.29) is 25.0 Å². The van der Waals surface area contributed by atoms with Crippen molar-refractivity contribution in [3.8, 4) is 16.9 Å². The molecular weight excluding hydrogens is 495 g/mol. The maximum Gasteiger partial charge on any atom is 0.416 e. The first-order valence-corrected chi connectivity index (χ1v) is 12.7. The third-order valence-electron chi connectivity index (χ3n) is 6.17. The first kappa shape index (κ1) is 28.8. The van der Waals surface area contributed by atoms with Gasteiger partial charge in [-0.15, -0.1) is 0 Å². The van der Waals surface area contributed by atoms with E-state index in [0.29, 0.717) is 16.9 Å². The molecule has 0 aromatic heterocycles. The number of hydrogen-bond acceptors (Lipinski definition) is 3. The molecule has 0 spiro atoms. The summed E-state index contributed by atoms with van der Waals surface area (Å²) < 4.78 is 44.9. The first-order chi connectivity index (χ1) is 18.2. The predicted octanol–water partition coefficient (Wildman–Crippen LogP) is 7.67. The number of carboxylic acid groups (broad SMARTS) is 1. The van der Waals surface area contributed by atoms with Crippen molar-refractivity contribution in [1.29, 1.82) is 0 Å². The van der Waals surface area contributed by atoms with Crippen LogP contribution in [0, 0.1) is 0 Å². The quantitative estimate of drug-likeness (QED) is 0.224. The number of unbranched alkanes of at least 4 members (excludes halogenated alkanes) is 3. The molecule has 0 aliphatic carbocycles. The monoisotopic (exact) mass is 527 g/mol. The van der Waals surface area contributed by atoms with E-state index in [4.69, 9.17) is 9.84 Å². The molecule has 0 saturated heterocycles. The Kier molecular flexibility index (Phi) is 10.3. The van der Waals surface area contributed by atoms with Gasteiger partial charge in [-0.05, 0) is 65.9 Å². The summed E-state index contributed by atoms with van der Waals surface area (Å²) in [5.41, 5.74) is 2.12. The molecule has 202 valence electrons. The highest BCUT2D eigenvalue weighted by Crippen LogP contribution is 2.32. The fourth-order valence-corrected chi connectivity index (χ4v) is 4.03. The standard InChI is InChI=1S/C30H32F3NO4/c1-2-3-4-5-6-27(23-7-9-24(10-8-23)29(37)34-20-19-28(35)36)38-26-17-13-22(14-18-26)21-11-15-25(16-12-21)30(31,32)33/h7-18,27H,2-6,19-20H2,1H3,(H,34,37)(H,35,36). The van der Waals surface area contributed by atoms with Gasteiger partial charge in [-0.2, -0.15) is 13.2 Å². The second-order valence-electron chi connectivity index (χ2n) is 9.08. The number of rotatable bonds is 13. The maximum absolute atomic E-state index is 12.8. The van der Waals surface area contributed by atoms with Crippen LogP contribution in [0.2, 0.25) is 0 Å². The summed E-state index contributed by atoms with van der Waals surface area (Å²) in [6, 6.07) is 19.4. The van der Waals surface area contributed by atoms with Gasteiger partial charge in [-0.1, -0.05) is 62.6 Å². The number of halogens is 3. The van der Waals surface area contributed by atoms with E-state index in [9.17, 15) is 22.8 Å². The van der Waals surface area contributed by atoms with Gasteiger partial charge < -0.3 is 15.2 Å². The number of alkyl halides is 3. The number of benzene rings is 3. The predicted molar refractivity (Wildman–Crippen MR) is 140 cm³/mol. The lowest BCUT2D eigenvalue weighted by atomic mass is 10.0. The van der Waals surface area contributed by atoms with Gasteiger partial charge in [0.2, 0.25) is 0 Å². The van der Waals surface area contributed by atoms with Crippen LogP contribution in [0.15, 0.2) is 72.8 Å². The van der Waals surface area contributed by atoms with Gasteiger partial charge in [0, 0.05) is 12.1 Å². The lowest BCUT2D eigenvalue weighted by Gasteiger charge is -2.20. The molecule has 3 rings (SSSR count). The maximum atomic E-state index is 12.8. The highest BCUT2D eigenvalue weighted by atomic mass is 19.4.